The predicted octanol–water partition coefficient (Wildman–Crippen LogP) is 3.43. The van der Waals surface area contributed by atoms with Crippen molar-refractivity contribution in [3.05, 3.63) is 30.5 Å². The lowest BCUT2D eigenvalue weighted by Gasteiger charge is -2.09. The third-order valence-corrected chi connectivity index (χ3v) is 3.89. The lowest BCUT2D eigenvalue weighted by atomic mass is 10.2. The minimum atomic E-state index is 0.785. The van der Waals surface area contributed by atoms with E-state index >= 15 is 0 Å². The van der Waals surface area contributed by atoms with Crippen molar-refractivity contribution < 1.29 is 4.74 Å². The van der Waals surface area contributed by atoms with Crippen LogP contribution in [0.3, 0.4) is 0 Å². The maximum atomic E-state index is 5.82. The molecule has 1 aromatic carbocycles. The molecule has 2 aromatic rings. The molecule has 1 N–H and O–H groups in total. The molecule has 0 saturated heterocycles. The fourth-order valence-electron chi connectivity index (χ4n) is 2.56. The monoisotopic (exact) mass is 272 g/mol. The van der Waals surface area contributed by atoms with Crippen LogP contribution in [0, 0.1) is 5.92 Å². The van der Waals surface area contributed by atoms with Gasteiger partial charge in [0.05, 0.1) is 12.1 Å². The van der Waals surface area contributed by atoms with Gasteiger partial charge in [-0.15, -0.1) is 0 Å². The van der Waals surface area contributed by atoms with Gasteiger partial charge in [0.2, 0.25) is 0 Å². The Morgan fingerprint density at radius 2 is 2.20 bits per heavy atom. The first-order chi connectivity index (χ1) is 9.88. The van der Waals surface area contributed by atoms with Gasteiger partial charge in [-0.25, -0.2) is 0 Å². The molecule has 0 radical (unpaired) electrons. The van der Waals surface area contributed by atoms with Crippen molar-refractivity contribution in [1.82, 2.24) is 9.88 Å². The van der Waals surface area contributed by atoms with Crippen molar-refractivity contribution >= 4 is 10.9 Å². The number of benzene rings is 1. The third kappa shape index (κ3) is 3.15. The predicted molar refractivity (Wildman–Crippen MR) is 83.3 cm³/mol. The van der Waals surface area contributed by atoms with Gasteiger partial charge < -0.3 is 14.6 Å². The van der Waals surface area contributed by atoms with Crippen LogP contribution in [0.15, 0.2) is 30.5 Å². The van der Waals surface area contributed by atoms with E-state index in [9.17, 15) is 0 Å². The first-order valence-electron chi connectivity index (χ1n) is 7.80. The van der Waals surface area contributed by atoms with Crippen LogP contribution >= 0.6 is 0 Å². The summed E-state index contributed by atoms with van der Waals surface area (Å²) in [5.74, 6) is 1.96. The molecule has 0 bridgehead atoms. The second-order valence-corrected chi connectivity index (χ2v) is 5.69. The summed E-state index contributed by atoms with van der Waals surface area (Å²) in [4.78, 5) is 0. The van der Waals surface area contributed by atoms with Crippen LogP contribution < -0.4 is 10.1 Å². The molecule has 0 amide bonds. The van der Waals surface area contributed by atoms with Crippen molar-refractivity contribution in [2.45, 2.75) is 32.7 Å². The first kappa shape index (κ1) is 13.5. The molecule has 1 fully saturated rings. The number of hydrogen-bond donors (Lipinski definition) is 1. The summed E-state index contributed by atoms with van der Waals surface area (Å²) >= 11 is 0. The molecule has 0 atom stereocenters. The Balaban J connectivity index is 1.64. The quantitative estimate of drug-likeness (QED) is 0.745. The van der Waals surface area contributed by atoms with Crippen molar-refractivity contribution in [1.29, 1.82) is 0 Å². The van der Waals surface area contributed by atoms with E-state index in [4.69, 9.17) is 4.74 Å². The number of ether oxygens (including phenoxy) is 1. The van der Waals surface area contributed by atoms with E-state index in [1.54, 1.807) is 0 Å². The van der Waals surface area contributed by atoms with Crippen LogP contribution in [-0.2, 0) is 6.54 Å². The standard InChI is InChI=1S/C17H24N2O/c1-2-12-20-17-5-3-4-16-15(17)8-10-19(16)11-9-18-13-14-6-7-14/h3-5,8,10,14,18H,2,6-7,9,11-13H2,1H3. The summed E-state index contributed by atoms with van der Waals surface area (Å²) in [7, 11) is 0. The molecule has 3 heteroatoms. The van der Waals surface area contributed by atoms with Gasteiger partial charge >= 0.3 is 0 Å². The number of aromatic nitrogens is 1. The maximum absolute atomic E-state index is 5.82. The average molecular weight is 272 g/mol. The van der Waals surface area contributed by atoms with Crippen LogP contribution in [0.25, 0.3) is 10.9 Å². The SMILES string of the molecule is CCCOc1cccc2c1ccn2CCNCC1CC1. The van der Waals surface area contributed by atoms with Crippen molar-refractivity contribution in [2.24, 2.45) is 5.92 Å². The molecule has 1 aliphatic rings. The zero-order valence-corrected chi connectivity index (χ0v) is 12.3. The summed E-state index contributed by atoms with van der Waals surface area (Å²) in [5.41, 5.74) is 1.27. The van der Waals surface area contributed by atoms with Crippen LogP contribution in [-0.4, -0.2) is 24.3 Å². The smallest absolute Gasteiger partial charge is 0.128 e. The highest BCUT2D eigenvalue weighted by molar-refractivity contribution is 5.86. The van der Waals surface area contributed by atoms with Gasteiger partial charge in [0.15, 0.2) is 0 Å². The highest BCUT2D eigenvalue weighted by atomic mass is 16.5. The first-order valence-corrected chi connectivity index (χ1v) is 7.80. The molecule has 108 valence electrons. The van der Waals surface area contributed by atoms with E-state index in [1.807, 2.05) is 0 Å². The Labute approximate surface area is 120 Å². The second-order valence-electron chi connectivity index (χ2n) is 5.69. The van der Waals surface area contributed by atoms with Crippen molar-refractivity contribution in [3.63, 3.8) is 0 Å². The van der Waals surface area contributed by atoms with Gasteiger partial charge in [-0.2, -0.15) is 0 Å². The highest BCUT2D eigenvalue weighted by Crippen LogP contribution is 2.28. The molecule has 3 rings (SSSR count). The molecular weight excluding hydrogens is 248 g/mol. The highest BCUT2D eigenvalue weighted by Gasteiger charge is 2.19. The Hall–Kier alpha value is -1.48. The van der Waals surface area contributed by atoms with Gasteiger partial charge in [0.1, 0.15) is 5.75 Å². The number of nitrogens with one attached hydrogen (secondary N) is 1. The van der Waals surface area contributed by atoms with Crippen LogP contribution in [0.2, 0.25) is 0 Å². The normalized spacial score (nSPS) is 14.8. The Bertz CT molecular complexity index is 557. The summed E-state index contributed by atoms with van der Waals surface area (Å²) in [6, 6.07) is 8.49. The Morgan fingerprint density at radius 1 is 1.30 bits per heavy atom. The second kappa shape index (κ2) is 6.31. The van der Waals surface area contributed by atoms with Gasteiger partial charge in [0, 0.05) is 24.7 Å². The fourth-order valence-corrected chi connectivity index (χ4v) is 2.56. The third-order valence-electron chi connectivity index (χ3n) is 3.89. The molecule has 20 heavy (non-hydrogen) atoms. The minimum absolute atomic E-state index is 0.785. The van der Waals surface area contributed by atoms with Gasteiger partial charge in [-0.05, 0) is 49.9 Å². The van der Waals surface area contributed by atoms with E-state index in [1.165, 1.54) is 30.3 Å². The summed E-state index contributed by atoms with van der Waals surface area (Å²) in [6.45, 7) is 6.17. The molecule has 0 unspecified atom stereocenters. The van der Waals surface area contributed by atoms with Crippen LogP contribution in [0.5, 0.6) is 5.75 Å². The molecule has 1 aromatic heterocycles. The van der Waals surface area contributed by atoms with Crippen molar-refractivity contribution in [2.75, 3.05) is 19.7 Å². The number of rotatable bonds is 8. The van der Waals surface area contributed by atoms with E-state index < -0.39 is 0 Å². The van der Waals surface area contributed by atoms with Gasteiger partial charge in [-0.3, -0.25) is 0 Å². The molecule has 0 spiro atoms. The number of fused-ring (bicyclic) bond motifs is 1. The van der Waals surface area contributed by atoms with Crippen LogP contribution in [0.1, 0.15) is 26.2 Å². The van der Waals surface area contributed by atoms with E-state index in [0.29, 0.717) is 0 Å². The lowest BCUT2D eigenvalue weighted by molar-refractivity contribution is 0.321. The number of hydrogen-bond acceptors (Lipinski definition) is 2. The molecule has 1 saturated carbocycles. The molecule has 1 aliphatic carbocycles. The van der Waals surface area contributed by atoms with Crippen LogP contribution in [0.4, 0.5) is 0 Å². The fraction of sp³-hybridized carbons (Fsp3) is 0.529. The maximum Gasteiger partial charge on any atom is 0.128 e. The topological polar surface area (TPSA) is 26.2 Å². The minimum Gasteiger partial charge on any atom is -0.493 e. The van der Waals surface area contributed by atoms with E-state index in [-0.39, 0.29) is 0 Å². The van der Waals surface area contributed by atoms with Gasteiger partial charge in [0.25, 0.3) is 0 Å². The summed E-state index contributed by atoms with van der Waals surface area (Å²) < 4.78 is 8.13. The summed E-state index contributed by atoms with van der Waals surface area (Å²) in [6.07, 6.45) is 6.04. The zero-order valence-electron chi connectivity index (χ0n) is 12.3. The largest absolute Gasteiger partial charge is 0.493 e. The summed E-state index contributed by atoms with van der Waals surface area (Å²) in [5, 5.41) is 4.77. The van der Waals surface area contributed by atoms with E-state index in [0.717, 1.165) is 37.8 Å². The zero-order chi connectivity index (χ0) is 13.8. The Morgan fingerprint density at radius 3 is 3.00 bits per heavy atom. The molecule has 0 aliphatic heterocycles. The van der Waals surface area contributed by atoms with Crippen molar-refractivity contribution in [3.8, 4) is 5.75 Å². The lowest BCUT2D eigenvalue weighted by Crippen LogP contribution is -2.21. The molecule has 3 nitrogen and oxygen atoms in total. The van der Waals surface area contributed by atoms with Gasteiger partial charge in [-0.1, -0.05) is 13.0 Å². The van der Waals surface area contributed by atoms with E-state index in [2.05, 4.69) is 47.3 Å². The molecular formula is C17H24N2O. The Kier molecular flexibility index (Phi) is 4.26. The molecule has 1 heterocycles. The number of nitrogens with zero attached hydrogens (tertiary/aromatic N) is 1. The average Bonchev–Trinajstić information content (AvgIpc) is 3.21.